The van der Waals surface area contributed by atoms with Gasteiger partial charge in [0.05, 0.1) is 6.54 Å². The standard InChI is InChI=1S/C19H30N4O/c24-19(21-14-17-7-5-9-20-13-17)16-22-10-6-8-18(15-22)23-11-3-1-2-4-12-23/h5,7,9,13,18H,1-4,6,8,10-12,14-16H2,(H,21,24). The summed E-state index contributed by atoms with van der Waals surface area (Å²) in [6, 6.07) is 4.53. The van der Waals surface area contributed by atoms with Gasteiger partial charge in [0.1, 0.15) is 0 Å². The first-order valence-electron chi connectivity index (χ1n) is 9.43. The molecule has 1 N–H and O–H groups in total. The summed E-state index contributed by atoms with van der Waals surface area (Å²) in [6.07, 6.45) is 11.5. The van der Waals surface area contributed by atoms with E-state index < -0.39 is 0 Å². The fourth-order valence-corrected chi connectivity index (χ4v) is 3.90. The molecule has 1 amide bonds. The quantitative estimate of drug-likeness (QED) is 0.897. The number of hydrogen-bond acceptors (Lipinski definition) is 4. The largest absolute Gasteiger partial charge is 0.351 e. The Hall–Kier alpha value is -1.46. The molecule has 5 nitrogen and oxygen atoms in total. The highest BCUT2D eigenvalue weighted by molar-refractivity contribution is 5.78. The zero-order valence-electron chi connectivity index (χ0n) is 14.6. The van der Waals surface area contributed by atoms with E-state index in [-0.39, 0.29) is 5.91 Å². The molecule has 2 fully saturated rings. The minimum Gasteiger partial charge on any atom is -0.351 e. The van der Waals surface area contributed by atoms with E-state index in [0.717, 1.165) is 18.7 Å². The minimum absolute atomic E-state index is 0.121. The summed E-state index contributed by atoms with van der Waals surface area (Å²) in [5, 5.41) is 3.02. The van der Waals surface area contributed by atoms with Crippen LogP contribution in [0.4, 0.5) is 0 Å². The third-order valence-corrected chi connectivity index (χ3v) is 5.22. The van der Waals surface area contributed by atoms with Gasteiger partial charge in [-0.25, -0.2) is 0 Å². The van der Waals surface area contributed by atoms with E-state index >= 15 is 0 Å². The van der Waals surface area contributed by atoms with Crippen LogP contribution < -0.4 is 5.32 Å². The number of nitrogens with zero attached hydrogens (tertiary/aromatic N) is 3. The lowest BCUT2D eigenvalue weighted by Gasteiger charge is -2.38. The molecular formula is C19H30N4O. The van der Waals surface area contributed by atoms with Crippen LogP contribution in [0.5, 0.6) is 0 Å². The van der Waals surface area contributed by atoms with Gasteiger partial charge in [0, 0.05) is 31.5 Å². The Morgan fingerprint density at radius 3 is 2.75 bits per heavy atom. The Balaban J connectivity index is 1.43. The average Bonchev–Trinajstić information content (AvgIpc) is 2.91. The van der Waals surface area contributed by atoms with Gasteiger partial charge in [0.2, 0.25) is 5.91 Å². The number of carbonyl (C=O) groups is 1. The summed E-state index contributed by atoms with van der Waals surface area (Å²) in [6.45, 7) is 5.66. The Kier molecular flexibility index (Phi) is 6.61. The molecule has 3 rings (SSSR count). The second kappa shape index (κ2) is 9.14. The fraction of sp³-hybridized carbons (Fsp3) is 0.684. The smallest absolute Gasteiger partial charge is 0.234 e. The van der Waals surface area contributed by atoms with Crippen molar-refractivity contribution in [2.75, 3.05) is 32.7 Å². The van der Waals surface area contributed by atoms with Crippen molar-refractivity contribution in [2.24, 2.45) is 0 Å². The SMILES string of the molecule is O=C(CN1CCCC(N2CCCCCC2)C1)NCc1cccnc1. The predicted molar refractivity (Wildman–Crippen MR) is 95.6 cm³/mol. The van der Waals surface area contributed by atoms with Crippen molar-refractivity contribution in [3.63, 3.8) is 0 Å². The molecule has 1 aromatic heterocycles. The Bertz CT molecular complexity index is 499. The van der Waals surface area contributed by atoms with Gasteiger partial charge in [-0.1, -0.05) is 18.9 Å². The molecule has 1 atom stereocenters. The molecule has 2 saturated heterocycles. The molecule has 1 aromatic rings. The zero-order chi connectivity index (χ0) is 16.6. The highest BCUT2D eigenvalue weighted by Crippen LogP contribution is 2.19. The third-order valence-electron chi connectivity index (χ3n) is 5.22. The van der Waals surface area contributed by atoms with E-state index in [2.05, 4.69) is 20.1 Å². The van der Waals surface area contributed by atoms with Crippen LogP contribution in [-0.2, 0) is 11.3 Å². The second-order valence-corrected chi connectivity index (χ2v) is 7.12. The molecule has 0 aliphatic carbocycles. The van der Waals surface area contributed by atoms with E-state index in [1.165, 1.54) is 51.6 Å². The first-order valence-corrected chi connectivity index (χ1v) is 9.43. The van der Waals surface area contributed by atoms with Crippen LogP contribution in [-0.4, -0.2) is 59.5 Å². The summed E-state index contributed by atoms with van der Waals surface area (Å²) in [5.74, 6) is 0.121. The van der Waals surface area contributed by atoms with Gasteiger partial charge in [0.15, 0.2) is 0 Å². The van der Waals surface area contributed by atoms with Crippen LogP contribution >= 0.6 is 0 Å². The van der Waals surface area contributed by atoms with Crippen LogP contribution in [0.1, 0.15) is 44.1 Å². The highest BCUT2D eigenvalue weighted by Gasteiger charge is 2.26. The summed E-state index contributed by atoms with van der Waals surface area (Å²) < 4.78 is 0. The van der Waals surface area contributed by atoms with Gasteiger partial charge in [-0.05, 0) is 56.9 Å². The first-order chi connectivity index (χ1) is 11.8. The maximum Gasteiger partial charge on any atom is 0.234 e. The van der Waals surface area contributed by atoms with Gasteiger partial charge in [0.25, 0.3) is 0 Å². The lowest BCUT2D eigenvalue weighted by atomic mass is 10.0. The maximum absolute atomic E-state index is 12.2. The van der Waals surface area contributed by atoms with Gasteiger partial charge in [-0.3, -0.25) is 19.6 Å². The van der Waals surface area contributed by atoms with Crippen molar-refractivity contribution in [2.45, 2.75) is 51.1 Å². The number of likely N-dealkylation sites (tertiary alicyclic amines) is 2. The topological polar surface area (TPSA) is 48.5 Å². The number of rotatable bonds is 5. The van der Waals surface area contributed by atoms with E-state index in [1.807, 2.05) is 12.1 Å². The molecule has 5 heteroatoms. The molecule has 132 valence electrons. The minimum atomic E-state index is 0.121. The Labute approximate surface area is 145 Å². The average molecular weight is 330 g/mol. The van der Waals surface area contributed by atoms with E-state index in [9.17, 15) is 4.79 Å². The lowest BCUT2D eigenvalue weighted by Crippen LogP contribution is -2.50. The summed E-state index contributed by atoms with van der Waals surface area (Å²) >= 11 is 0. The predicted octanol–water partition coefficient (Wildman–Crippen LogP) is 2.04. The molecule has 0 saturated carbocycles. The third kappa shape index (κ3) is 5.28. The zero-order valence-corrected chi connectivity index (χ0v) is 14.6. The van der Waals surface area contributed by atoms with E-state index in [0.29, 0.717) is 19.1 Å². The molecule has 2 aliphatic rings. The van der Waals surface area contributed by atoms with Crippen LogP contribution in [0.25, 0.3) is 0 Å². The van der Waals surface area contributed by atoms with Crippen LogP contribution in [0.2, 0.25) is 0 Å². The van der Waals surface area contributed by atoms with E-state index in [4.69, 9.17) is 0 Å². The van der Waals surface area contributed by atoms with Crippen LogP contribution in [0, 0.1) is 0 Å². The molecule has 24 heavy (non-hydrogen) atoms. The number of carbonyl (C=O) groups excluding carboxylic acids is 1. The van der Waals surface area contributed by atoms with Crippen molar-refractivity contribution in [3.8, 4) is 0 Å². The van der Waals surface area contributed by atoms with Crippen LogP contribution in [0.15, 0.2) is 24.5 Å². The number of hydrogen-bond donors (Lipinski definition) is 1. The lowest BCUT2D eigenvalue weighted by molar-refractivity contribution is -0.122. The number of pyridine rings is 1. The van der Waals surface area contributed by atoms with Gasteiger partial charge in [-0.15, -0.1) is 0 Å². The monoisotopic (exact) mass is 330 g/mol. The molecule has 0 aromatic carbocycles. The van der Waals surface area contributed by atoms with Gasteiger partial charge >= 0.3 is 0 Å². The van der Waals surface area contributed by atoms with Crippen molar-refractivity contribution < 1.29 is 4.79 Å². The fourth-order valence-electron chi connectivity index (χ4n) is 3.90. The van der Waals surface area contributed by atoms with Gasteiger partial charge in [-0.2, -0.15) is 0 Å². The number of nitrogens with one attached hydrogen (secondary N) is 1. The molecular weight excluding hydrogens is 300 g/mol. The normalized spacial score (nSPS) is 23.6. The number of piperidine rings is 1. The molecule has 3 heterocycles. The Morgan fingerprint density at radius 1 is 1.17 bits per heavy atom. The first kappa shape index (κ1) is 17.4. The van der Waals surface area contributed by atoms with E-state index in [1.54, 1.807) is 12.4 Å². The summed E-state index contributed by atoms with van der Waals surface area (Å²) in [7, 11) is 0. The second-order valence-electron chi connectivity index (χ2n) is 7.12. The molecule has 1 unspecified atom stereocenters. The molecule has 0 radical (unpaired) electrons. The van der Waals surface area contributed by atoms with Crippen molar-refractivity contribution in [1.29, 1.82) is 0 Å². The number of aromatic nitrogens is 1. The van der Waals surface area contributed by atoms with Crippen molar-refractivity contribution in [3.05, 3.63) is 30.1 Å². The summed E-state index contributed by atoms with van der Waals surface area (Å²) in [4.78, 5) is 21.3. The summed E-state index contributed by atoms with van der Waals surface area (Å²) in [5.41, 5.74) is 1.05. The van der Waals surface area contributed by atoms with Crippen molar-refractivity contribution in [1.82, 2.24) is 20.1 Å². The Morgan fingerprint density at radius 2 is 2.00 bits per heavy atom. The van der Waals surface area contributed by atoms with Gasteiger partial charge < -0.3 is 5.32 Å². The maximum atomic E-state index is 12.2. The highest BCUT2D eigenvalue weighted by atomic mass is 16.2. The molecule has 0 bridgehead atoms. The molecule has 2 aliphatic heterocycles. The van der Waals surface area contributed by atoms with Crippen molar-refractivity contribution >= 4 is 5.91 Å². The number of amides is 1. The van der Waals surface area contributed by atoms with Crippen LogP contribution in [0.3, 0.4) is 0 Å². The molecule has 0 spiro atoms.